The van der Waals surface area contributed by atoms with E-state index in [-0.39, 0.29) is 18.1 Å². The average Bonchev–Trinajstić information content (AvgIpc) is 3.13. The predicted octanol–water partition coefficient (Wildman–Crippen LogP) is 3.65. The molecule has 0 spiro atoms. The van der Waals surface area contributed by atoms with Gasteiger partial charge in [-0.25, -0.2) is 0 Å². The van der Waals surface area contributed by atoms with Crippen molar-refractivity contribution >= 4 is 5.71 Å². The normalized spacial score (nSPS) is 11.5. The van der Waals surface area contributed by atoms with Gasteiger partial charge >= 0.3 is 0 Å². The molecular formula is C19H19N3O4. The van der Waals surface area contributed by atoms with Gasteiger partial charge in [0, 0.05) is 17.5 Å². The monoisotopic (exact) mass is 353 g/mol. The van der Waals surface area contributed by atoms with Crippen LogP contribution in [0.4, 0.5) is 0 Å². The molecule has 0 radical (unpaired) electrons. The van der Waals surface area contributed by atoms with Gasteiger partial charge in [0.25, 0.3) is 0 Å². The number of aromatic hydroxyl groups is 2. The highest BCUT2D eigenvalue weighted by molar-refractivity contribution is 5.98. The summed E-state index contributed by atoms with van der Waals surface area (Å²) in [5, 5.41) is 26.9. The van der Waals surface area contributed by atoms with Crippen molar-refractivity contribution in [3.63, 3.8) is 0 Å². The minimum atomic E-state index is -0.198. The molecule has 0 saturated heterocycles. The fraction of sp³-hybridized carbons (Fsp3) is 0.211. The third kappa shape index (κ3) is 4.00. The number of aryl methyl sites for hydroxylation is 1. The Kier molecular flexibility index (Phi) is 5.17. The first-order valence-electron chi connectivity index (χ1n) is 8.17. The van der Waals surface area contributed by atoms with Crippen molar-refractivity contribution in [3.05, 3.63) is 59.5 Å². The Morgan fingerprint density at radius 2 is 2.00 bits per heavy atom. The number of hydrogen-bond acceptors (Lipinski definition) is 7. The van der Waals surface area contributed by atoms with E-state index >= 15 is 0 Å². The van der Waals surface area contributed by atoms with Crippen LogP contribution in [-0.2, 0) is 17.9 Å². The van der Waals surface area contributed by atoms with Crippen molar-refractivity contribution in [2.75, 3.05) is 0 Å². The molecule has 26 heavy (non-hydrogen) atoms. The van der Waals surface area contributed by atoms with Crippen molar-refractivity contribution in [1.29, 1.82) is 0 Å². The molecule has 7 nitrogen and oxygen atoms in total. The van der Waals surface area contributed by atoms with E-state index in [0.29, 0.717) is 29.4 Å². The maximum absolute atomic E-state index is 9.55. The molecule has 1 heterocycles. The molecule has 0 fully saturated rings. The summed E-state index contributed by atoms with van der Waals surface area (Å²) in [6.07, 6.45) is 0.691. The van der Waals surface area contributed by atoms with E-state index in [4.69, 9.17) is 9.36 Å². The van der Waals surface area contributed by atoms with Crippen LogP contribution in [0.1, 0.15) is 30.9 Å². The highest BCUT2D eigenvalue weighted by Crippen LogP contribution is 2.25. The fourth-order valence-electron chi connectivity index (χ4n) is 2.32. The van der Waals surface area contributed by atoms with Crippen molar-refractivity contribution in [2.24, 2.45) is 5.16 Å². The molecule has 0 aliphatic heterocycles. The first kappa shape index (κ1) is 17.5. The summed E-state index contributed by atoms with van der Waals surface area (Å²) in [7, 11) is 0. The lowest BCUT2D eigenvalue weighted by Crippen LogP contribution is -1.97. The Bertz CT molecular complexity index is 934. The molecule has 0 atom stereocenters. The second-order valence-corrected chi connectivity index (χ2v) is 5.72. The molecule has 0 saturated carbocycles. The van der Waals surface area contributed by atoms with Gasteiger partial charge in [0.2, 0.25) is 11.7 Å². The molecule has 0 bridgehead atoms. The van der Waals surface area contributed by atoms with Crippen molar-refractivity contribution in [3.8, 4) is 22.9 Å². The molecule has 0 amide bonds. The summed E-state index contributed by atoms with van der Waals surface area (Å²) in [6.45, 7) is 3.98. The van der Waals surface area contributed by atoms with Crippen LogP contribution in [0.5, 0.6) is 11.5 Å². The lowest BCUT2D eigenvalue weighted by atomic mass is 10.1. The average molecular weight is 353 g/mol. The first-order valence-corrected chi connectivity index (χ1v) is 8.17. The fourth-order valence-corrected chi connectivity index (χ4v) is 2.32. The maximum atomic E-state index is 9.55. The van der Waals surface area contributed by atoms with Gasteiger partial charge in [-0.1, -0.05) is 35.4 Å². The van der Waals surface area contributed by atoms with Crippen molar-refractivity contribution in [2.45, 2.75) is 26.9 Å². The molecule has 1 aromatic heterocycles. The van der Waals surface area contributed by atoms with Crippen molar-refractivity contribution < 1.29 is 19.6 Å². The number of nitrogens with zero attached hydrogens (tertiary/aromatic N) is 3. The topological polar surface area (TPSA) is 101 Å². The zero-order valence-electron chi connectivity index (χ0n) is 14.5. The van der Waals surface area contributed by atoms with Gasteiger partial charge in [-0.15, -0.1) is 0 Å². The molecule has 7 heteroatoms. The maximum Gasteiger partial charge on any atom is 0.226 e. The number of oxime groups is 1. The molecule has 134 valence electrons. The number of hydrogen-bond donors (Lipinski definition) is 2. The first-order chi connectivity index (χ1) is 12.6. The Morgan fingerprint density at radius 3 is 2.73 bits per heavy atom. The summed E-state index contributed by atoms with van der Waals surface area (Å²) in [5.41, 5.74) is 3.00. The minimum Gasteiger partial charge on any atom is -0.504 e. The lowest BCUT2D eigenvalue weighted by molar-refractivity contribution is 0.130. The van der Waals surface area contributed by atoms with Crippen LogP contribution >= 0.6 is 0 Å². The van der Waals surface area contributed by atoms with Crippen LogP contribution in [0.3, 0.4) is 0 Å². The van der Waals surface area contributed by atoms with Gasteiger partial charge in [-0.05, 0) is 36.8 Å². The van der Waals surface area contributed by atoms with Gasteiger partial charge in [0.1, 0.15) is 6.61 Å². The molecule has 0 aliphatic carbocycles. The third-order valence-electron chi connectivity index (χ3n) is 3.78. The van der Waals surface area contributed by atoms with E-state index in [1.54, 1.807) is 13.0 Å². The Morgan fingerprint density at radius 1 is 1.15 bits per heavy atom. The van der Waals surface area contributed by atoms with Crippen LogP contribution in [0.25, 0.3) is 11.4 Å². The zero-order chi connectivity index (χ0) is 18.5. The second kappa shape index (κ2) is 7.69. The number of phenolic OH excluding ortho intramolecular Hbond substituents is 2. The van der Waals surface area contributed by atoms with Gasteiger partial charge in [0.05, 0.1) is 5.71 Å². The summed E-state index contributed by atoms with van der Waals surface area (Å²) in [5.74, 6) is 0.769. The molecule has 3 aromatic rings. The summed E-state index contributed by atoms with van der Waals surface area (Å²) in [4.78, 5) is 9.72. The summed E-state index contributed by atoms with van der Waals surface area (Å²) < 4.78 is 5.14. The number of benzene rings is 2. The van der Waals surface area contributed by atoms with E-state index in [9.17, 15) is 10.2 Å². The molecular weight excluding hydrogens is 334 g/mol. The molecule has 2 N–H and O–H groups in total. The van der Waals surface area contributed by atoms with E-state index < -0.39 is 0 Å². The van der Waals surface area contributed by atoms with Crippen LogP contribution in [-0.4, -0.2) is 26.1 Å². The highest BCUT2D eigenvalue weighted by atomic mass is 16.6. The summed E-state index contributed by atoms with van der Waals surface area (Å²) >= 11 is 0. The van der Waals surface area contributed by atoms with E-state index in [1.165, 1.54) is 12.1 Å². The minimum absolute atomic E-state index is 0.174. The van der Waals surface area contributed by atoms with E-state index in [2.05, 4.69) is 15.3 Å². The standard InChI is InChI=1S/C19H19N3O4/c1-3-18-20-19(22-26-18)15-6-4-5-13(9-15)11-25-21-12(2)14-7-8-16(23)17(24)10-14/h4-10,23-24H,3,11H2,1-2H3. The number of aromatic nitrogens is 2. The smallest absolute Gasteiger partial charge is 0.226 e. The van der Waals surface area contributed by atoms with Gasteiger partial charge < -0.3 is 19.6 Å². The lowest BCUT2D eigenvalue weighted by Gasteiger charge is -2.05. The molecule has 2 aromatic carbocycles. The van der Waals surface area contributed by atoms with Crippen LogP contribution in [0.2, 0.25) is 0 Å². The second-order valence-electron chi connectivity index (χ2n) is 5.72. The van der Waals surface area contributed by atoms with Crippen molar-refractivity contribution in [1.82, 2.24) is 10.1 Å². The van der Waals surface area contributed by atoms with E-state index in [0.717, 1.165) is 11.1 Å². The van der Waals surface area contributed by atoms with Crippen LogP contribution in [0, 0.1) is 0 Å². The quantitative estimate of drug-likeness (QED) is 0.398. The van der Waals surface area contributed by atoms with Gasteiger partial charge in [-0.2, -0.15) is 4.98 Å². The Balaban J connectivity index is 1.67. The van der Waals surface area contributed by atoms with Crippen LogP contribution < -0.4 is 0 Å². The van der Waals surface area contributed by atoms with Crippen LogP contribution in [0.15, 0.2) is 52.1 Å². The number of rotatable bonds is 6. The summed E-state index contributed by atoms with van der Waals surface area (Å²) in [6, 6.07) is 12.1. The molecule has 0 aliphatic rings. The molecule has 3 rings (SSSR count). The van der Waals surface area contributed by atoms with Gasteiger partial charge in [-0.3, -0.25) is 0 Å². The zero-order valence-corrected chi connectivity index (χ0v) is 14.5. The third-order valence-corrected chi connectivity index (χ3v) is 3.78. The van der Waals surface area contributed by atoms with E-state index in [1.807, 2.05) is 31.2 Å². The van der Waals surface area contributed by atoms with Gasteiger partial charge in [0.15, 0.2) is 11.5 Å². The number of phenols is 2. The Hall–Kier alpha value is -3.35. The Labute approximate surface area is 150 Å². The predicted molar refractivity (Wildman–Crippen MR) is 95.9 cm³/mol. The largest absolute Gasteiger partial charge is 0.504 e. The molecule has 0 unspecified atom stereocenters. The highest BCUT2D eigenvalue weighted by Gasteiger charge is 2.08. The SMILES string of the molecule is CCc1nc(-c2cccc(CON=C(C)c3ccc(O)c(O)c3)c2)no1.